The van der Waals surface area contributed by atoms with Crippen LogP contribution in [0.4, 0.5) is 17.1 Å². The van der Waals surface area contributed by atoms with Crippen molar-refractivity contribution in [3.05, 3.63) is 328 Å². The van der Waals surface area contributed by atoms with Gasteiger partial charge in [-0.2, -0.15) is 0 Å². The molecule has 0 atom stereocenters. The van der Waals surface area contributed by atoms with Gasteiger partial charge in [0, 0.05) is 60.6 Å². The highest BCUT2D eigenvalue weighted by atomic mass is 16.3. The van der Waals surface area contributed by atoms with Crippen molar-refractivity contribution in [1.29, 1.82) is 0 Å². The quantitative estimate of drug-likeness (QED) is 0.177. The fraction of sp³-hybridized carbons (Fsp3) is 0.0930. The lowest BCUT2D eigenvalue weighted by molar-refractivity contribution is 0.634. The summed E-state index contributed by atoms with van der Waals surface area (Å²) < 4.78 is 14.6. The molecule has 0 N–H and O–H groups in total. The average molecular weight is 1130 g/mol. The van der Waals surface area contributed by atoms with Gasteiger partial charge in [-0.3, -0.25) is 0 Å². The van der Waals surface area contributed by atoms with E-state index in [9.17, 15) is 0 Å². The molecule has 0 saturated heterocycles. The lowest BCUT2D eigenvalue weighted by Crippen LogP contribution is -2.30. The Kier molecular flexibility index (Phi) is 8.84. The summed E-state index contributed by atoms with van der Waals surface area (Å²) in [5.41, 5.74) is 36.2. The lowest BCUT2D eigenvalue weighted by atomic mass is 9.65. The first-order valence-electron chi connectivity index (χ1n) is 31.5. The highest BCUT2D eigenvalue weighted by Gasteiger charge is 2.59. The van der Waals surface area contributed by atoms with Gasteiger partial charge in [-0.15, -0.1) is 0 Å². The predicted octanol–water partition coefficient (Wildman–Crippen LogP) is 22.3. The molecule has 3 heteroatoms. The molecule has 0 fully saturated rings. The Labute approximate surface area is 515 Å². The molecule has 13 aromatic carbocycles. The summed E-state index contributed by atoms with van der Waals surface area (Å²) in [6, 6.07) is 98.3. The third-order valence-electron chi connectivity index (χ3n) is 22.2. The molecule has 2 aromatic heterocycles. The first kappa shape index (κ1) is 48.4. The number of fused-ring (bicyclic) bond motifs is 38. The molecule has 0 radical (unpaired) electrons. The summed E-state index contributed by atoms with van der Waals surface area (Å²) in [5, 5.41) is 4.69. The van der Waals surface area contributed by atoms with E-state index in [4.69, 9.17) is 8.83 Å². The van der Waals surface area contributed by atoms with Crippen LogP contribution in [0.15, 0.2) is 270 Å². The fourth-order valence-corrected chi connectivity index (χ4v) is 19.0. The van der Waals surface area contributed by atoms with Crippen molar-refractivity contribution in [2.45, 2.75) is 49.4 Å². The van der Waals surface area contributed by atoms with E-state index in [1.165, 1.54) is 144 Å². The predicted molar refractivity (Wildman–Crippen MR) is 363 cm³/mol. The molecule has 89 heavy (non-hydrogen) atoms. The third kappa shape index (κ3) is 5.45. The van der Waals surface area contributed by atoms with E-state index in [2.05, 4.69) is 293 Å². The Morgan fingerprint density at radius 3 is 0.966 bits per heavy atom. The van der Waals surface area contributed by atoms with E-state index in [0.717, 1.165) is 50.2 Å². The van der Waals surface area contributed by atoms with Gasteiger partial charge in [-0.05, 0) is 171 Å². The summed E-state index contributed by atoms with van der Waals surface area (Å²) in [5.74, 6) is 0. The van der Waals surface area contributed by atoms with Crippen LogP contribution in [0.2, 0.25) is 0 Å². The topological polar surface area (TPSA) is 29.5 Å². The van der Waals surface area contributed by atoms with E-state index >= 15 is 0 Å². The van der Waals surface area contributed by atoms with Crippen molar-refractivity contribution >= 4 is 60.9 Å². The van der Waals surface area contributed by atoms with E-state index in [0.29, 0.717) is 0 Å². The van der Waals surface area contributed by atoms with Gasteiger partial charge >= 0.3 is 0 Å². The second-order valence-corrected chi connectivity index (χ2v) is 26.8. The lowest BCUT2D eigenvalue weighted by Gasteiger charge is -2.35. The zero-order valence-corrected chi connectivity index (χ0v) is 49.6. The van der Waals surface area contributed by atoms with Gasteiger partial charge in [0.05, 0.1) is 10.8 Å². The van der Waals surface area contributed by atoms with Crippen molar-refractivity contribution < 1.29 is 8.83 Å². The minimum atomic E-state index is -0.579. The largest absolute Gasteiger partial charge is 0.455 e. The summed E-state index contributed by atoms with van der Waals surface area (Å²) in [4.78, 5) is 2.51. The standard InChI is InChI=1S/C86H55NO2/c1-83(2)67-46-49(42-44-57(67)71-73-59-32-14-22-40-69(59)88-81(73)75-55-30-12-20-38-65(55)85(79(75)77(71)83)61-34-16-8-26-51(61)52-27-9-17-35-62(52)85)87(48-24-6-5-7-25-48)50-43-45-58-68(47-50)84(3,4)78-72(58)74-60-33-15-23-41-70(60)89-82(74)76-56-31-13-21-39-66(56)86(80(76)78)63-36-18-10-28-53(63)54-29-11-19-37-64(54)86/h5-47H,1-4H3. The van der Waals surface area contributed by atoms with Gasteiger partial charge in [0.25, 0.3) is 0 Å². The fourth-order valence-electron chi connectivity index (χ4n) is 19.0. The number of hydrogen-bond acceptors (Lipinski definition) is 3. The molecule has 416 valence electrons. The van der Waals surface area contributed by atoms with Crippen molar-refractivity contribution in [3.63, 3.8) is 0 Å². The van der Waals surface area contributed by atoms with Gasteiger partial charge in [-0.25, -0.2) is 0 Å². The average Bonchev–Trinajstić information content (AvgIpc) is 1.49. The van der Waals surface area contributed by atoms with Crippen LogP contribution >= 0.6 is 0 Å². The first-order valence-corrected chi connectivity index (χ1v) is 31.5. The molecular formula is C86H55NO2. The Bertz CT molecular complexity index is 5340. The second kappa shape index (κ2) is 16.3. The maximum Gasteiger partial charge on any atom is 0.144 e. The van der Waals surface area contributed by atoms with E-state index in [1.54, 1.807) is 0 Å². The van der Waals surface area contributed by atoms with E-state index in [-0.39, 0.29) is 0 Å². The number of benzene rings is 13. The highest BCUT2D eigenvalue weighted by molar-refractivity contribution is 6.24. The monoisotopic (exact) mass is 1130 g/mol. The van der Waals surface area contributed by atoms with Crippen LogP contribution in [0.1, 0.15) is 94.5 Å². The molecule has 3 nitrogen and oxygen atoms in total. The molecule has 0 aliphatic heterocycles. The molecule has 6 aliphatic rings. The van der Waals surface area contributed by atoms with Crippen molar-refractivity contribution in [2.24, 2.45) is 0 Å². The summed E-state index contributed by atoms with van der Waals surface area (Å²) in [6.07, 6.45) is 0. The van der Waals surface area contributed by atoms with Crippen LogP contribution in [0.3, 0.4) is 0 Å². The number of furan rings is 2. The van der Waals surface area contributed by atoms with Gasteiger partial charge in [0.2, 0.25) is 0 Å². The molecule has 21 rings (SSSR count). The number of hydrogen-bond donors (Lipinski definition) is 0. The molecule has 0 saturated carbocycles. The molecular weight excluding hydrogens is 1080 g/mol. The molecule has 15 aromatic rings. The normalized spacial score (nSPS) is 15.8. The van der Waals surface area contributed by atoms with Crippen LogP contribution in [-0.2, 0) is 21.7 Å². The van der Waals surface area contributed by atoms with Gasteiger partial charge in [-0.1, -0.05) is 240 Å². The zero-order valence-electron chi connectivity index (χ0n) is 49.6. The van der Waals surface area contributed by atoms with Crippen LogP contribution in [-0.4, -0.2) is 0 Å². The zero-order chi connectivity index (χ0) is 58.6. The number of nitrogens with zero attached hydrogens (tertiary/aromatic N) is 1. The number of para-hydroxylation sites is 3. The first-order chi connectivity index (χ1) is 43.7. The molecule has 2 heterocycles. The third-order valence-corrected chi connectivity index (χ3v) is 22.2. The van der Waals surface area contributed by atoms with Crippen LogP contribution in [0.25, 0.3) is 111 Å². The Balaban J connectivity index is 0.811. The van der Waals surface area contributed by atoms with Crippen molar-refractivity contribution in [2.75, 3.05) is 4.90 Å². The maximum absolute atomic E-state index is 7.32. The van der Waals surface area contributed by atoms with Crippen LogP contribution in [0.5, 0.6) is 0 Å². The second-order valence-electron chi connectivity index (χ2n) is 26.8. The smallest absolute Gasteiger partial charge is 0.144 e. The number of anilines is 3. The summed E-state index contributed by atoms with van der Waals surface area (Å²) in [7, 11) is 0. The Hall–Kier alpha value is -10.7. The highest BCUT2D eigenvalue weighted by Crippen LogP contribution is 2.72. The van der Waals surface area contributed by atoms with Crippen molar-refractivity contribution in [3.8, 4) is 66.8 Å². The van der Waals surface area contributed by atoms with E-state index < -0.39 is 21.7 Å². The maximum atomic E-state index is 7.32. The van der Waals surface area contributed by atoms with Crippen LogP contribution in [0, 0.1) is 0 Å². The van der Waals surface area contributed by atoms with Crippen LogP contribution < -0.4 is 4.90 Å². The van der Waals surface area contributed by atoms with E-state index in [1.807, 2.05) is 0 Å². The Morgan fingerprint density at radius 1 is 0.258 bits per heavy atom. The molecule has 0 unspecified atom stereocenters. The van der Waals surface area contributed by atoms with Gasteiger partial charge in [0.1, 0.15) is 22.3 Å². The minimum absolute atomic E-state index is 0.465. The molecule has 0 amide bonds. The van der Waals surface area contributed by atoms with Gasteiger partial charge in [0.15, 0.2) is 0 Å². The molecule has 2 spiro atoms. The molecule has 6 aliphatic carbocycles. The minimum Gasteiger partial charge on any atom is -0.455 e. The Morgan fingerprint density at radius 2 is 0.573 bits per heavy atom. The SMILES string of the molecule is CC1(C)c2cc(N(c3ccccc3)c3ccc4c(c3)C(C)(C)c3c5c(c6oc7ccccc7c6c3-4)-c3ccccc3C53c4ccccc4-c4ccccc43)ccc2-c2c1c1c(c3oc4ccccc4c23)-c2ccccc2C12c1ccccc1-c1ccccc12. The number of rotatable bonds is 3. The van der Waals surface area contributed by atoms with Crippen molar-refractivity contribution in [1.82, 2.24) is 0 Å². The molecule has 0 bridgehead atoms. The summed E-state index contributed by atoms with van der Waals surface area (Å²) in [6.45, 7) is 9.97. The van der Waals surface area contributed by atoms with Gasteiger partial charge < -0.3 is 13.7 Å². The summed E-state index contributed by atoms with van der Waals surface area (Å²) >= 11 is 0.